The van der Waals surface area contributed by atoms with E-state index in [4.69, 9.17) is 4.74 Å². The molecular weight excluding hydrogens is 290 g/mol. The van der Waals surface area contributed by atoms with Crippen LogP contribution in [0.2, 0.25) is 0 Å². The summed E-state index contributed by atoms with van der Waals surface area (Å²) in [5.41, 5.74) is -0.545. The Kier molecular flexibility index (Phi) is 6.88. The molecular formula is C13H25N5O2S. The molecule has 0 aliphatic heterocycles. The van der Waals surface area contributed by atoms with Gasteiger partial charge in [-0.2, -0.15) is 0 Å². The smallest absolute Gasteiger partial charge is 0.209 e. The molecule has 1 fully saturated rings. The van der Waals surface area contributed by atoms with Crippen LogP contribution in [0.4, 0.5) is 0 Å². The third-order valence-electron chi connectivity index (χ3n) is 3.74. The van der Waals surface area contributed by atoms with Crippen molar-refractivity contribution in [3.63, 3.8) is 0 Å². The first-order valence-corrected chi connectivity index (χ1v) is 8.53. The van der Waals surface area contributed by atoms with Crippen LogP contribution >= 0.6 is 11.8 Å². The first-order valence-electron chi connectivity index (χ1n) is 7.54. The van der Waals surface area contributed by atoms with E-state index in [1.807, 2.05) is 0 Å². The predicted molar refractivity (Wildman–Crippen MR) is 81.3 cm³/mol. The van der Waals surface area contributed by atoms with Gasteiger partial charge in [-0.1, -0.05) is 31.0 Å². The normalized spacial score (nSPS) is 18.0. The van der Waals surface area contributed by atoms with Crippen molar-refractivity contribution in [2.75, 3.05) is 32.6 Å². The Hall–Kier alpha value is -0.700. The van der Waals surface area contributed by atoms with E-state index in [2.05, 4.69) is 20.8 Å². The Labute approximate surface area is 129 Å². The summed E-state index contributed by atoms with van der Waals surface area (Å²) in [5, 5.41) is 26.3. The Balaban J connectivity index is 1.74. The highest BCUT2D eigenvalue weighted by molar-refractivity contribution is 7.99. The lowest BCUT2D eigenvalue weighted by atomic mass is 9.86. The van der Waals surface area contributed by atoms with E-state index < -0.39 is 5.60 Å². The minimum Gasteiger partial charge on any atom is -0.389 e. The molecule has 0 amide bonds. The SMILES string of the molecule is COCCNCCn1nnnc1SCC1(O)CCCCC1. The maximum absolute atomic E-state index is 10.5. The zero-order valence-electron chi connectivity index (χ0n) is 12.6. The Morgan fingerprint density at radius 3 is 2.90 bits per heavy atom. The number of nitrogens with one attached hydrogen (secondary N) is 1. The molecule has 0 spiro atoms. The minimum atomic E-state index is -0.545. The zero-order valence-corrected chi connectivity index (χ0v) is 13.4. The lowest BCUT2D eigenvalue weighted by Crippen LogP contribution is -2.34. The van der Waals surface area contributed by atoms with Crippen molar-refractivity contribution in [1.29, 1.82) is 0 Å². The molecule has 120 valence electrons. The quantitative estimate of drug-likeness (QED) is 0.512. The molecule has 1 aliphatic rings. The van der Waals surface area contributed by atoms with Crippen molar-refractivity contribution >= 4 is 11.8 Å². The fourth-order valence-corrected chi connectivity index (χ4v) is 3.53. The molecule has 8 heteroatoms. The second-order valence-electron chi connectivity index (χ2n) is 5.50. The number of hydrogen-bond donors (Lipinski definition) is 2. The highest BCUT2D eigenvalue weighted by Crippen LogP contribution is 2.32. The summed E-state index contributed by atoms with van der Waals surface area (Å²) in [7, 11) is 1.69. The maximum Gasteiger partial charge on any atom is 0.209 e. The number of hydrogen-bond acceptors (Lipinski definition) is 7. The van der Waals surface area contributed by atoms with Gasteiger partial charge in [0.15, 0.2) is 0 Å². The molecule has 2 rings (SSSR count). The van der Waals surface area contributed by atoms with Crippen molar-refractivity contribution in [3.05, 3.63) is 0 Å². The lowest BCUT2D eigenvalue weighted by Gasteiger charge is -2.31. The summed E-state index contributed by atoms with van der Waals surface area (Å²) >= 11 is 1.55. The number of aromatic nitrogens is 4. The maximum atomic E-state index is 10.5. The molecule has 0 saturated heterocycles. The number of methoxy groups -OCH3 is 1. The topological polar surface area (TPSA) is 85.1 Å². The first kappa shape index (κ1) is 16.7. The van der Waals surface area contributed by atoms with Crippen molar-refractivity contribution in [3.8, 4) is 0 Å². The number of rotatable bonds is 9. The molecule has 0 atom stereocenters. The standard InChI is InChI=1S/C13H25N5O2S/c1-20-10-8-14-7-9-18-12(15-16-17-18)21-11-13(19)5-3-2-4-6-13/h14,19H,2-11H2,1H3. The Morgan fingerprint density at radius 2 is 2.14 bits per heavy atom. The third kappa shape index (κ3) is 5.54. The summed E-state index contributed by atoms with van der Waals surface area (Å²) in [6.45, 7) is 3.04. The lowest BCUT2D eigenvalue weighted by molar-refractivity contribution is 0.0272. The van der Waals surface area contributed by atoms with Gasteiger partial charge in [-0.25, -0.2) is 4.68 Å². The summed E-state index contributed by atoms with van der Waals surface area (Å²) in [4.78, 5) is 0. The summed E-state index contributed by atoms with van der Waals surface area (Å²) in [6, 6.07) is 0. The molecule has 1 heterocycles. The van der Waals surface area contributed by atoms with Crippen molar-refractivity contribution in [2.45, 2.75) is 49.4 Å². The fourth-order valence-electron chi connectivity index (χ4n) is 2.48. The molecule has 1 saturated carbocycles. The van der Waals surface area contributed by atoms with E-state index in [1.165, 1.54) is 6.42 Å². The number of aliphatic hydroxyl groups is 1. The number of tetrazole rings is 1. The van der Waals surface area contributed by atoms with E-state index in [-0.39, 0.29) is 0 Å². The van der Waals surface area contributed by atoms with Crippen LogP contribution in [0.5, 0.6) is 0 Å². The van der Waals surface area contributed by atoms with Crippen LogP contribution in [0.3, 0.4) is 0 Å². The molecule has 0 unspecified atom stereocenters. The van der Waals surface area contributed by atoms with Gasteiger partial charge in [-0.15, -0.1) is 5.10 Å². The highest BCUT2D eigenvalue weighted by Gasteiger charge is 2.29. The van der Waals surface area contributed by atoms with Gasteiger partial charge in [0.05, 0.1) is 18.8 Å². The van der Waals surface area contributed by atoms with Gasteiger partial charge in [0.1, 0.15) is 0 Å². The summed E-state index contributed by atoms with van der Waals surface area (Å²) < 4.78 is 6.77. The number of ether oxygens (including phenoxy) is 1. The van der Waals surface area contributed by atoms with Gasteiger partial charge in [0.2, 0.25) is 5.16 Å². The van der Waals surface area contributed by atoms with E-state index in [0.29, 0.717) is 12.4 Å². The first-order chi connectivity index (χ1) is 10.2. The van der Waals surface area contributed by atoms with E-state index in [0.717, 1.165) is 50.5 Å². The molecule has 1 aliphatic carbocycles. The molecule has 7 nitrogen and oxygen atoms in total. The highest BCUT2D eigenvalue weighted by atomic mass is 32.2. The van der Waals surface area contributed by atoms with Gasteiger partial charge in [-0.3, -0.25) is 0 Å². The third-order valence-corrected chi connectivity index (χ3v) is 4.97. The summed E-state index contributed by atoms with van der Waals surface area (Å²) in [5.74, 6) is 0.671. The van der Waals surface area contributed by atoms with Gasteiger partial charge in [0, 0.05) is 26.0 Å². The zero-order chi connectivity index (χ0) is 15.0. The summed E-state index contributed by atoms with van der Waals surface area (Å²) in [6.07, 6.45) is 5.25. The molecule has 0 bridgehead atoms. The molecule has 21 heavy (non-hydrogen) atoms. The predicted octanol–water partition coefficient (Wildman–Crippen LogP) is 0.696. The van der Waals surface area contributed by atoms with Crippen LogP contribution in [0.25, 0.3) is 0 Å². The Morgan fingerprint density at radius 1 is 1.33 bits per heavy atom. The van der Waals surface area contributed by atoms with E-state index in [9.17, 15) is 5.11 Å². The molecule has 0 radical (unpaired) electrons. The monoisotopic (exact) mass is 315 g/mol. The molecule has 0 aromatic carbocycles. The second-order valence-corrected chi connectivity index (χ2v) is 6.44. The molecule has 1 aromatic rings. The van der Waals surface area contributed by atoms with Gasteiger partial charge >= 0.3 is 0 Å². The Bertz CT molecular complexity index is 409. The largest absolute Gasteiger partial charge is 0.389 e. The van der Waals surface area contributed by atoms with Gasteiger partial charge in [-0.05, 0) is 23.3 Å². The minimum absolute atomic E-state index is 0.545. The van der Waals surface area contributed by atoms with E-state index in [1.54, 1.807) is 23.6 Å². The van der Waals surface area contributed by atoms with Crippen LogP contribution in [0.1, 0.15) is 32.1 Å². The van der Waals surface area contributed by atoms with Crippen LogP contribution in [-0.4, -0.2) is 63.5 Å². The fraction of sp³-hybridized carbons (Fsp3) is 0.923. The number of nitrogens with zero attached hydrogens (tertiary/aromatic N) is 4. The second kappa shape index (κ2) is 8.67. The van der Waals surface area contributed by atoms with Gasteiger partial charge < -0.3 is 15.2 Å². The van der Waals surface area contributed by atoms with Crippen LogP contribution in [-0.2, 0) is 11.3 Å². The number of thioether (sulfide) groups is 1. The van der Waals surface area contributed by atoms with Crippen LogP contribution in [0, 0.1) is 0 Å². The van der Waals surface area contributed by atoms with Crippen LogP contribution in [0.15, 0.2) is 5.16 Å². The van der Waals surface area contributed by atoms with Gasteiger partial charge in [0.25, 0.3) is 0 Å². The average Bonchev–Trinajstić information content (AvgIpc) is 2.93. The van der Waals surface area contributed by atoms with E-state index >= 15 is 0 Å². The average molecular weight is 315 g/mol. The van der Waals surface area contributed by atoms with Crippen molar-refractivity contribution in [1.82, 2.24) is 25.5 Å². The van der Waals surface area contributed by atoms with Crippen molar-refractivity contribution < 1.29 is 9.84 Å². The van der Waals surface area contributed by atoms with Crippen molar-refractivity contribution in [2.24, 2.45) is 0 Å². The molecule has 2 N–H and O–H groups in total. The molecule has 1 aromatic heterocycles. The van der Waals surface area contributed by atoms with Crippen LogP contribution < -0.4 is 5.32 Å².